The molecule has 0 radical (unpaired) electrons. The highest BCUT2D eigenvalue weighted by Gasteiger charge is 2.27. The minimum absolute atomic E-state index is 0.318. The first-order chi connectivity index (χ1) is 6.58. The number of ether oxygens (including phenoxy) is 2. The van der Waals surface area contributed by atoms with Gasteiger partial charge in [-0.05, 0) is 19.3 Å². The van der Waals surface area contributed by atoms with Crippen LogP contribution in [0.2, 0.25) is 0 Å². The lowest BCUT2D eigenvalue weighted by molar-refractivity contribution is -0.0179. The summed E-state index contributed by atoms with van der Waals surface area (Å²) in [5.74, 6) is 0. The van der Waals surface area contributed by atoms with Crippen LogP contribution in [-0.4, -0.2) is 34.7 Å². The summed E-state index contributed by atoms with van der Waals surface area (Å²) in [5, 5.41) is 16.7. The van der Waals surface area contributed by atoms with Crippen LogP contribution < -0.4 is 0 Å². The predicted octanol–water partition coefficient (Wildman–Crippen LogP) is 1.69. The van der Waals surface area contributed by atoms with Crippen LogP contribution in [0.15, 0.2) is 0 Å². The second kappa shape index (κ2) is 4.69. The zero-order valence-corrected chi connectivity index (χ0v) is 7.51. The SMILES string of the molecule is O=C(O)O[C@@H]1CCC[C@H](OC(=O)O)C1. The Labute approximate surface area is 80.4 Å². The highest BCUT2D eigenvalue weighted by Crippen LogP contribution is 2.23. The van der Waals surface area contributed by atoms with E-state index in [1.807, 2.05) is 0 Å². The molecule has 1 saturated carbocycles. The Morgan fingerprint density at radius 3 is 1.79 bits per heavy atom. The van der Waals surface area contributed by atoms with Crippen molar-refractivity contribution in [2.24, 2.45) is 0 Å². The van der Waals surface area contributed by atoms with Crippen molar-refractivity contribution in [1.82, 2.24) is 0 Å². The fourth-order valence-electron chi connectivity index (χ4n) is 1.60. The molecule has 6 heteroatoms. The summed E-state index contributed by atoms with van der Waals surface area (Å²) < 4.78 is 9.09. The molecule has 0 amide bonds. The normalized spacial score (nSPS) is 26.6. The molecule has 14 heavy (non-hydrogen) atoms. The second-order valence-electron chi connectivity index (χ2n) is 3.18. The van der Waals surface area contributed by atoms with Gasteiger partial charge in [-0.25, -0.2) is 9.59 Å². The Morgan fingerprint density at radius 2 is 1.43 bits per heavy atom. The van der Waals surface area contributed by atoms with Gasteiger partial charge in [-0.1, -0.05) is 0 Å². The van der Waals surface area contributed by atoms with Gasteiger partial charge < -0.3 is 19.7 Å². The Hall–Kier alpha value is -1.46. The summed E-state index contributed by atoms with van der Waals surface area (Å²) >= 11 is 0. The van der Waals surface area contributed by atoms with Gasteiger partial charge in [-0.2, -0.15) is 0 Å². The topological polar surface area (TPSA) is 93.1 Å². The molecular weight excluding hydrogens is 192 g/mol. The van der Waals surface area contributed by atoms with Gasteiger partial charge in [0.1, 0.15) is 12.2 Å². The largest absolute Gasteiger partial charge is 0.506 e. The fourth-order valence-corrected chi connectivity index (χ4v) is 1.60. The molecule has 1 aliphatic rings. The minimum atomic E-state index is -1.33. The van der Waals surface area contributed by atoms with Gasteiger partial charge in [0.25, 0.3) is 0 Å². The van der Waals surface area contributed by atoms with Gasteiger partial charge in [0, 0.05) is 6.42 Å². The summed E-state index contributed by atoms with van der Waals surface area (Å²) in [6, 6.07) is 0. The van der Waals surface area contributed by atoms with Crippen molar-refractivity contribution in [3.63, 3.8) is 0 Å². The summed E-state index contributed by atoms with van der Waals surface area (Å²) in [6.07, 6.45) is -1.24. The molecule has 6 nitrogen and oxygen atoms in total. The van der Waals surface area contributed by atoms with Gasteiger partial charge in [0.05, 0.1) is 0 Å². The third-order valence-corrected chi connectivity index (χ3v) is 2.11. The first kappa shape index (κ1) is 10.6. The molecule has 1 rings (SSSR count). The van der Waals surface area contributed by atoms with Crippen LogP contribution in [0.5, 0.6) is 0 Å². The minimum Gasteiger partial charge on any atom is -0.450 e. The van der Waals surface area contributed by atoms with Gasteiger partial charge in [0.15, 0.2) is 0 Å². The van der Waals surface area contributed by atoms with E-state index in [1.54, 1.807) is 0 Å². The molecule has 80 valence electrons. The number of carboxylic acid groups (broad SMARTS) is 2. The summed E-state index contributed by atoms with van der Waals surface area (Å²) in [6.45, 7) is 0. The van der Waals surface area contributed by atoms with Crippen LogP contribution in [0.25, 0.3) is 0 Å². The monoisotopic (exact) mass is 204 g/mol. The van der Waals surface area contributed by atoms with Crippen molar-refractivity contribution in [2.75, 3.05) is 0 Å². The van der Waals surface area contributed by atoms with Crippen LogP contribution in [0.3, 0.4) is 0 Å². The quantitative estimate of drug-likeness (QED) is 0.665. The van der Waals surface area contributed by atoms with E-state index in [4.69, 9.17) is 10.2 Å². The maximum atomic E-state index is 10.2. The highest BCUT2D eigenvalue weighted by atomic mass is 16.7. The van der Waals surface area contributed by atoms with E-state index < -0.39 is 24.5 Å². The highest BCUT2D eigenvalue weighted by molar-refractivity contribution is 5.57. The van der Waals surface area contributed by atoms with E-state index in [-0.39, 0.29) is 0 Å². The molecule has 0 heterocycles. The van der Waals surface area contributed by atoms with Gasteiger partial charge in [-0.15, -0.1) is 0 Å². The van der Waals surface area contributed by atoms with Crippen molar-refractivity contribution < 1.29 is 29.3 Å². The summed E-state index contributed by atoms with van der Waals surface area (Å²) in [4.78, 5) is 20.4. The Bertz CT molecular complexity index is 204. The Kier molecular flexibility index (Phi) is 3.55. The van der Waals surface area contributed by atoms with E-state index >= 15 is 0 Å². The van der Waals surface area contributed by atoms with Crippen LogP contribution in [0.1, 0.15) is 25.7 Å². The zero-order valence-electron chi connectivity index (χ0n) is 7.51. The van der Waals surface area contributed by atoms with Crippen molar-refractivity contribution >= 4 is 12.3 Å². The van der Waals surface area contributed by atoms with E-state index in [0.717, 1.165) is 6.42 Å². The molecule has 0 aromatic carbocycles. The predicted molar refractivity (Wildman–Crippen MR) is 44.3 cm³/mol. The number of hydrogen-bond donors (Lipinski definition) is 2. The Morgan fingerprint density at radius 1 is 1.00 bits per heavy atom. The maximum absolute atomic E-state index is 10.2. The van der Waals surface area contributed by atoms with Crippen molar-refractivity contribution in [1.29, 1.82) is 0 Å². The van der Waals surface area contributed by atoms with Crippen molar-refractivity contribution in [3.05, 3.63) is 0 Å². The second-order valence-corrected chi connectivity index (χ2v) is 3.18. The van der Waals surface area contributed by atoms with Crippen LogP contribution >= 0.6 is 0 Å². The molecular formula is C8H12O6. The lowest BCUT2D eigenvalue weighted by atomic mass is 9.95. The smallest absolute Gasteiger partial charge is 0.450 e. The lowest BCUT2D eigenvalue weighted by Crippen LogP contribution is -2.30. The molecule has 1 aliphatic carbocycles. The Balaban J connectivity index is 2.35. The third kappa shape index (κ3) is 3.51. The van der Waals surface area contributed by atoms with Crippen LogP contribution in [0.4, 0.5) is 9.59 Å². The third-order valence-electron chi connectivity index (χ3n) is 2.11. The number of carbonyl (C=O) groups is 2. The molecule has 2 atom stereocenters. The maximum Gasteiger partial charge on any atom is 0.506 e. The average molecular weight is 204 g/mol. The van der Waals surface area contributed by atoms with Crippen molar-refractivity contribution in [3.8, 4) is 0 Å². The summed E-state index contributed by atoms with van der Waals surface area (Å²) in [7, 11) is 0. The molecule has 0 aliphatic heterocycles. The molecule has 0 unspecified atom stereocenters. The van der Waals surface area contributed by atoms with E-state index in [1.165, 1.54) is 0 Å². The lowest BCUT2D eigenvalue weighted by Gasteiger charge is -2.26. The molecule has 0 aromatic heterocycles. The van der Waals surface area contributed by atoms with Crippen LogP contribution in [-0.2, 0) is 9.47 Å². The fraction of sp³-hybridized carbons (Fsp3) is 0.750. The van der Waals surface area contributed by atoms with E-state index in [0.29, 0.717) is 19.3 Å². The molecule has 0 aromatic rings. The van der Waals surface area contributed by atoms with Gasteiger partial charge in [0.2, 0.25) is 0 Å². The standard InChI is InChI=1S/C8H12O6/c9-7(10)13-5-2-1-3-6(4-5)14-8(11)12/h5-6H,1-4H2,(H,9,10)(H,11,12)/t5-,6+. The van der Waals surface area contributed by atoms with E-state index in [2.05, 4.69) is 9.47 Å². The molecule has 0 spiro atoms. The zero-order chi connectivity index (χ0) is 10.6. The summed E-state index contributed by atoms with van der Waals surface area (Å²) in [5.41, 5.74) is 0. The number of rotatable bonds is 2. The van der Waals surface area contributed by atoms with E-state index in [9.17, 15) is 9.59 Å². The van der Waals surface area contributed by atoms with Gasteiger partial charge in [-0.3, -0.25) is 0 Å². The molecule has 0 bridgehead atoms. The van der Waals surface area contributed by atoms with Gasteiger partial charge >= 0.3 is 12.3 Å². The number of hydrogen-bond acceptors (Lipinski definition) is 4. The molecule has 0 saturated heterocycles. The molecule has 2 N–H and O–H groups in total. The molecule has 1 fully saturated rings. The van der Waals surface area contributed by atoms with Crippen molar-refractivity contribution in [2.45, 2.75) is 37.9 Å². The van der Waals surface area contributed by atoms with Crippen LogP contribution in [0, 0.1) is 0 Å². The average Bonchev–Trinajstić information content (AvgIpc) is 2.01. The first-order valence-electron chi connectivity index (χ1n) is 4.37. The first-order valence-corrected chi connectivity index (χ1v) is 4.37.